The van der Waals surface area contributed by atoms with Crippen LogP contribution >= 0.6 is 0 Å². The van der Waals surface area contributed by atoms with Crippen LogP contribution in [0.3, 0.4) is 0 Å². The van der Waals surface area contributed by atoms with Gasteiger partial charge in [0.05, 0.1) is 12.5 Å². The number of amides is 1. The van der Waals surface area contributed by atoms with Gasteiger partial charge in [-0.3, -0.25) is 9.59 Å². The smallest absolute Gasteiger partial charge is 0.305 e. The maximum absolute atomic E-state index is 12.1. The molecule has 0 heterocycles. The molecule has 0 saturated heterocycles. The van der Waals surface area contributed by atoms with Crippen molar-refractivity contribution in [3.63, 3.8) is 0 Å². The van der Waals surface area contributed by atoms with Gasteiger partial charge < -0.3 is 10.4 Å². The molecule has 4 heteroatoms. The normalized spacial score (nSPS) is 13.8. The van der Waals surface area contributed by atoms with Crippen molar-refractivity contribution in [3.8, 4) is 0 Å². The minimum Gasteiger partial charge on any atom is -0.481 e. The lowest BCUT2D eigenvalue weighted by Crippen LogP contribution is -2.32. The number of aliphatic carboxylic acids is 1. The average molecular weight is 291 g/mol. The van der Waals surface area contributed by atoms with Crippen LogP contribution in [-0.2, 0) is 9.59 Å². The fraction of sp³-hybridized carbons (Fsp3) is 0.529. The van der Waals surface area contributed by atoms with E-state index in [1.165, 1.54) is 0 Å². The Morgan fingerprint density at radius 2 is 1.76 bits per heavy atom. The van der Waals surface area contributed by atoms with Crippen LogP contribution in [0.4, 0.5) is 0 Å². The van der Waals surface area contributed by atoms with Crippen LogP contribution in [0.1, 0.15) is 50.8 Å². The van der Waals surface area contributed by atoms with Crippen LogP contribution < -0.4 is 5.32 Å². The summed E-state index contributed by atoms with van der Waals surface area (Å²) in [6.45, 7) is 8.11. The van der Waals surface area contributed by atoms with Gasteiger partial charge in [-0.15, -0.1) is 0 Å². The van der Waals surface area contributed by atoms with E-state index < -0.39 is 12.0 Å². The van der Waals surface area contributed by atoms with E-state index >= 15 is 0 Å². The van der Waals surface area contributed by atoms with Crippen LogP contribution in [-0.4, -0.2) is 17.0 Å². The molecule has 0 saturated carbocycles. The molecule has 4 nitrogen and oxygen atoms in total. The molecule has 0 fully saturated rings. The van der Waals surface area contributed by atoms with Gasteiger partial charge in [0.25, 0.3) is 0 Å². The Hall–Kier alpha value is -1.84. The second-order valence-electron chi connectivity index (χ2n) is 6.00. The highest BCUT2D eigenvalue weighted by Crippen LogP contribution is 2.22. The molecule has 1 amide bonds. The molecule has 1 aromatic rings. The molecule has 2 unspecified atom stereocenters. The summed E-state index contributed by atoms with van der Waals surface area (Å²) < 4.78 is 0. The summed E-state index contributed by atoms with van der Waals surface area (Å²) in [5.41, 5.74) is 1.85. The molecule has 2 atom stereocenters. The second-order valence-corrected chi connectivity index (χ2v) is 6.00. The topological polar surface area (TPSA) is 66.4 Å². The molecule has 1 rings (SSSR count). The summed E-state index contributed by atoms with van der Waals surface area (Å²) in [4.78, 5) is 23.2. The lowest BCUT2D eigenvalue weighted by atomic mass is 9.93. The summed E-state index contributed by atoms with van der Waals surface area (Å²) in [5, 5.41) is 11.9. The van der Waals surface area contributed by atoms with Gasteiger partial charge in [0.2, 0.25) is 5.91 Å². The van der Waals surface area contributed by atoms with Gasteiger partial charge in [-0.05, 0) is 29.9 Å². The number of carboxylic acids is 1. The standard InChI is InChI=1S/C17H25NO3/c1-11(2)13(4)9-16(19)18-15(10-17(20)21)14-8-6-5-7-12(14)3/h5-8,11,13,15H,9-10H2,1-4H3,(H,18,19)(H,20,21). The number of hydrogen-bond acceptors (Lipinski definition) is 2. The molecule has 0 aliphatic rings. The van der Waals surface area contributed by atoms with Crippen LogP contribution in [0.15, 0.2) is 24.3 Å². The molecule has 116 valence electrons. The first-order chi connectivity index (χ1) is 9.81. The van der Waals surface area contributed by atoms with Gasteiger partial charge in [-0.25, -0.2) is 0 Å². The van der Waals surface area contributed by atoms with Crippen LogP contribution in [0.2, 0.25) is 0 Å². The third kappa shape index (κ3) is 5.58. The molecule has 1 aromatic carbocycles. The zero-order chi connectivity index (χ0) is 16.0. The molecule has 0 spiro atoms. The third-order valence-electron chi connectivity index (χ3n) is 3.92. The van der Waals surface area contributed by atoms with E-state index in [4.69, 9.17) is 5.11 Å². The Labute approximate surface area is 126 Å². The molecule has 2 N–H and O–H groups in total. The summed E-state index contributed by atoms with van der Waals surface area (Å²) in [6.07, 6.45) is 0.312. The zero-order valence-electron chi connectivity index (χ0n) is 13.2. The van der Waals surface area contributed by atoms with Crippen LogP contribution in [0.25, 0.3) is 0 Å². The molecular weight excluding hydrogens is 266 g/mol. The number of nitrogens with one attached hydrogen (secondary N) is 1. The van der Waals surface area contributed by atoms with Crippen LogP contribution in [0.5, 0.6) is 0 Å². The first-order valence-electron chi connectivity index (χ1n) is 7.38. The van der Waals surface area contributed by atoms with E-state index in [0.717, 1.165) is 11.1 Å². The van der Waals surface area contributed by atoms with Gasteiger partial charge in [-0.2, -0.15) is 0 Å². The number of carboxylic acid groups (broad SMARTS) is 1. The minimum atomic E-state index is -0.916. The van der Waals surface area contributed by atoms with Crippen LogP contribution in [0, 0.1) is 18.8 Å². The zero-order valence-corrected chi connectivity index (χ0v) is 13.2. The van der Waals surface area contributed by atoms with E-state index in [2.05, 4.69) is 19.2 Å². The predicted molar refractivity (Wildman–Crippen MR) is 82.9 cm³/mol. The highest BCUT2D eigenvalue weighted by atomic mass is 16.4. The fourth-order valence-electron chi connectivity index (χ4n) is 2.17. The van der Waals surface area contributed by atoms with Crippen molar-refractivity contribution in [2.75, 3.05) is 0 Å². The van der Waals surface area contributed by atoms with E-state index in [9.17, 15) is 9.59 Å². The molecule has 0 bridgehead atoms. The van der Waals surface area contributed by atoms with E-state index in [0.29, 0.717) is 12.3 Å². The molecule has 0 radical (unpaired) electrons. The Balaban J connectivity index is 2.82. The lowest BCUT2D eigenvalue weighted by molar-refractivity contribution is -0.137. The lowest BCUT2D eigenvalue weighted by Gasteiger charge is -2.21. The summed E-state index contributed by atoms with van der Waals surface area (Å²) in [6, 6.07) is 7.08. The number of rotatable bonds is 7. The van der Waals surface area contributed by atoms with Crippen molar-refractivity contribution >= 4 is 11.9 Å². The van der Waals surface area contributed by atoms with Gasteiger partial charge in [0, 0.05) is 6.42 Å². The van der Waals surface area contributed by atoms with Gasteiger partial charge >= 0.3 is 5.97 Å². The third-order valence-corrected chi connectivity index (χ3v) is 3.92. The Morgan fingerprint density at radius 3 is 2.29 bits per heavy atom. The predicted octanol–water partition coefficient (Wildman–Crippen LogP) is 3.31. The summed E-state index contributed by atoms with van der Waals surface area (Å²) >= 11 is 0. The average Bonchev–Trinajstić information content (AvgIpc) is 2.37. The van der Waals surface area contributed by atoms with Crippen molar-refractivity contribution in [3.05, 3.63) is 35.4 Å². The highest BCUT2D eigenvalue weighted by Gasteiger charge is 2.21. The van der Waals surface area contributed by atoms with Crippen molar-refractivity contribution < 1.29 is 14.7 Å². The second kappa shape index (κ2) is 7.81. The first-order valence-corrected chi connectivity index (χ1v) is 7.38. The number of carbonyl (C=O) groups is 2. The van der Waals surface area contributed by atoms with E-state index in [-0.39, 0.29) is 18.2 Å². The first kappa shape index (κ1) is 17.2. The minimum absolute atomic E-state index is 0.0919. The largest absolute Gasteiger partial charge is 0.481 e. The quantitative estimate of drug-likeness (QED) is 0.810. The number of carbonyl (C=O) groups excluding carboxylic acids is 1. The van der Waals surface area contributed by atoms with Gasteiger partial charge in [-0.1, -0.05) is 45.0 Å². The summed E-state index contributed by atoms with van der Waals surface area (Å²) in [5.74, 6) is -0.314. The molecular formula is C17H25NO3. The SMILES string of the molecule is Cc1ccccc1C(CC(=O)O)NC(=O)CC(C)C(C)C. The molecule has 0 aliphatic carbocycles. The highest BCUT2D eigenvalue weighted by molar-refractivity contribution is 5.78. The monoisotopic (exact) mass is 291 g/mol. The van der Waals surface area contributed by atoms with E-state index in [1.54, 1.807) is 0 Å². The van der Waals surface area contributed by atoms with Gasteiger partial charge in [0.15, 0.2) is 0 Å². The number of benzene rings is 1. The Morgan fingerprint density at radius 1 is 1.14 bits per heavy atom. The molecule has 0 aromatic heterocycles. The fourth-order valence-corrected chi connectivity index (χ4v) is 2.17. The van der Waals surface area contributed by atoms with E-state index in [1.807, 2.05) is 38.1 Å². The van der Waals surface area contributed by atoms with Crippen molar-refractivity contribution in [1.29, 1.82) is 0 Å². The van der Waals surface area contributed by atoms with Crippen molar-refractivity contribution in [2.45, 2.75) is 46.6 Å². The Bertz CT molecular complexity index is 497. The molecule has 21 heavy (non-hydrogen) atoms. The number of hydrogen-bond donors (Lipinski definition) is 2. The Kier molecular flexibility index (Phi) is 6.40. The van der Waals surface area contributed by atoms with Gasteiger partial charge in [0.1, 0.15) is 0 Å². The summed E-state index contributed by atoms with van der Waals surface area (Å²) in [7, 11) is 0. The number of aryl methyl sites for hydroxylation is 1. The van der Waals surface area contributed by atoms with Crippen molar-refractivity contribution in [1.82, 2.24) is 5.32 Å². The van der Waals surface area contributed by atoms with Crippen molar-refractivity contribution in [2.24, 2.45) is 11.8 Å². The molecule has 0 aliphatic heterocycles. The maximum Gasteiger partial charge on any atom is 0.305 e. The maximum atomic E-state index is 12.1.